The Morgan fingerprint density at radius 2 is 1.25 bits per heavy atom. The standard InChI is InChI=1S/C4H12P.BO2/c1-5(2,3)4;2-1-3/h1-4H3;/q+1;-1. The van der Waals surface area contributed by atoms with Gasteiger partial charge in [0.05, 0.1) is 0 Å². The van der Waals surface area contributed by atoms with Gasteiger partial charge in [0.2, 0.25) is 0 Å². The second-order valence-electron chi connectivity index (χ2n) is 2.78. The summed E-state index contributed by atoms with van der Waals surface area (Å²) in [6, 6.07) is 0. The number of hydrogen-bond acceptors (Lipinski definition) is 2. The molecule has 48 valence electrons. The zero-order valence-electron chi connectivity index (χ0n) is 5.84. The van der Waals surface area contributed by atoms with E-state index in [9.17, 15) is 0 Å². The van der Waals surface area contributed by atoms with Crippen LogP contribution in [0.4, 0.5) is 0 Å². The summed E-state index contributed by atoms with van der Waals surface area (Å²) in [4.78, 5) is 0. The molecule has 8 heavy (non-hydrogen) atoms. The molecule has 0 rings (SSSR count). The molecule has 0 N–H and O–H groups in total. The maximum atomic E-state index is 8.25. The normalized spacial score (nSPS) is 8.50. The van der Waals surface area contributed by atoms with Gasteiger partial charge in [0.15, 0.2) is 0 Å². The zero-order valence-corrected chi connectivity index (χ0v) is 6.74. The predicted octanol–water partition coefficient (Wildman–Crippen LogP) is -0.165. The van der Waals surface area contributed by atoms with E-state index in [-0.39, 0.29) is 7.26 Å². The molecule has 0 aromatic rings. The molecule has 0 radical (unpaired) electrons. The van der Waals surface area contributed by atoms with Crippen LogP contribution in [0.5, 0.6) is 0 Å². The first kappa shape index (κ1) is 11.0. The third kappa shape index (κ3) is 17600. The third-order valence-corrected chi connectivity index (χ3v) is 0. The van der Waals surface area contributed by atoms with E-state index in [2.05, 4.69) is 26.7 Å². The topological polar surface area (TPSA) is 40.1 Å². The molecule has 0 saturated carbocycles. The molecule has 0 heterocycles. The van der Waals surface area contributed by atoms with Crippen LogP contribution in [-0.2, 0) is 4.70 Å². The van der Waals surface area contributed by atoms with Crippen molar-refractivity contribution in [3.05, 3.63) is 0 Å². The summed E-state index contributed by atoms with van der Waals surface area (Å²) >= 11 is 0. The summed E-state index contributed by atoms with van der Waals surface area (Å²) in [7, 11) is -0.889. The molecular weight excluding hydrogens is 122 g/mol. The summed E-state index contributed by atoms with van der Waals surface area (Å²) in [5, 5.41) is 8.25. The van der Waals surface area contributed by atoms with Crippen molar-refractivity contribution in [3.8, 4) is 0 Å². The van der Waals surface area contributed by atoms with Crippen LogP contribution in [0.2, 0.25) is 0 Å². The molecular formula is C4H12BO2P. The van der Waals surface area contributed by atoms with Crippen molar-refractivity contribution in [2.24, 2.45) is 0 Å². The second-order valence-corrected chi connectivity index (χ2v) is 8.15. The molecule has 0 amide bonds. The molecule has 0 saturated heterocycles. The van der Waals surface area contributed by atoms with Crippen molar-refractivity contribution in [2.45, 2.75) is 0 Å². The Bertz CT molecular complexity index is 53.5. The summed E-state index contributed by atoms with van der Waals surface area (Å²) in [5.74, 6) is 0. The molecule has 0 aliphatic heterocycles. The monoisotopic (exact) mass is 134 g/mol. The van der Waals surface area contributed by atoms with Crippen molar-refractivity contribution in [1.82, 2.24) is 0 Å². The molecule has 0 aliphatic carbocycles. The van der Waals surface area contributed by atoms with Crippen LogP contribution in [0.1, 0.15) is 0 Å². The van der Waals surface area contributed by atoms with Crippen molar-refractivity contribution < 1.29 is 9.73 Å². The Morgan fingerprint density at radius 3 is 1.25 bits per heavy atom. The Morgan fingerprint density at radius 1 is 1.25 bits per heavy atom. The molecule has 0 aliphatic rings. The van der Waals surface area contributed by atoms with Gasteiger partial charge in [-0.15, -0.1) is 0 Å². The van der Waals surface area contributed by atoms with Crippen molar-refractivity contribution >= 4 is 14.6 Å². The van der Waals surface area contributed by atoms with Gasteiger partial charge in [-0.1, -0.05) is 0 Å². The second kappa shape index (κ2) is 5.24. The Balaban J connectivity index is 0. The molecule has 0 aromatic carbocycles. The van der Waals surface area contributed by atoms with Crippen molar-refractivity contribution in [3.63, 3.8) is 0 Å². The predicted molar refractivity (Wildman–Crippen MR) is 37.1 cm³/mol. The van der Waals surface area contributed by atoms with Crippen LogP contribution < -0.4 is 5.02 Å². The van der Waals surface area contributed by atoms with Crippen LogP contribution >= 0.6 is 7.26 Å². The van der Waals surface area contributed by atoms with E-state index < -0.39 is 7.35 Å². The molecule has 0 fully saturated rings. The van der Waals surface area contributed by atoms with Crippen LogP contribution in [-0.4, -0.2) is 34.0 Å². The number of hydrogen-bond donors (Lipinski definition) is 0. The fraction of sp³-hybridized carbons (Fsp3) is 1.00. The van der Waals surface area contributed by atoms with E-state index in [0.717, 1.165) is 0 Å². The van der Waals surface area contributed by atoms with Gasteiger partial charge in [-0.2, -0.15) is 0 Å². The van der Waals surface area contributed by atoms with Gasteiger partial charge in [0.1, 0.15) is 0 Å². The summed E-state index contributed by atoms with van der Waals surface area (Å²) in [6.07, 6.45) is 0. The van der Waals surface area contributed by atoms with Gasteiger partial charge in [-0.25, -0.2) is 0 Å². The molecule has 0 bridgehead atoms. The molecule has 0 aromatic heterocycles. The van der Waals surface area contributed by atoms with Gasteiger partial charge in [0, 0.05) is 33.9 Å². The third-order valence-electron chi connectivity index (χ3n) is 0. The van der Waals surface area contributed by atoms with Gasteiger partial charge >= 0.3 is 17.1 Å². The average Bonchev–Trinajstić information content (AvgIpc) is 1.27. The first-order chi connectivity index (χ1) is 3.41. The van der Waals surface area contributed by atoms with Gasteiger partial charge in [-0.05, 0) is 0 Å². The van der Waals surface area contributed by atoms with E-state index >= 15 is 0 Å². The SMILES string of the molecule is C[P+](C)(C)C.O=B[O-]. The van der Waals surface area contributed by atoms with E-state index in [1.807, 2.05) is 0 Å². The van der Waals surface area contributed by atoms with E-state index in [1.165, 1.54) is 0 Å². The van der Waals surface area contributed by atoms with E-state index in [1.54, 1.807) is 0 Å². The van der Waals surface area contributed by atoms with Gasteiger partial charge < -0.3 is 0 Å². The fourth-order valence-corrected chi connectivity index (χ4v) is 0. The first-order valence-electron chi connectivity index (χ1n) is 2.26. The molecule has 0 atom stereocenters. The van der Waals surface area contributed by atoms with Gasteiger partial charge in [0.25, 0.3) is 0 Å². The van der Waals surface area contributed by atoms with Crippen LogP contribution in [0.3, 0.4) is 0 Å². The molecule has 2 nitrogen and oxygen atoms in total. The summed E-state index contributed by atoms with van der Waals surface area (Å²) in [6.45, 7) is 9.19. The van der Waals surface area contributed by atoms with Crippen molar-refractivity contribution in [1.29, 1.82) is 0 Å². The maximum absolute atomic E-state index is 8.25. The Hall–Kier alpha value is 0.0949. The average molecular weight is 134 g/mol. The van der Waals surface area contributed by atoms with Crippen LogP contribution in [0.25, 0.3) is 0 Å². The van der Waals surface area contributed by atoms with Crippen LogP contribution in [0.15, 0.2) is 0 Å². The molecule has 0 unspecified atom stereocenters. The zero-order chi connectivity index (χ0) is 7.21. The minimum atomic E-state index is -0.500. The Labute approximate surface area is 51.9 Å². The number of rotatable bonds is 0. The van der Waals surface area contributed by atoms with Crippen LogP contribution in [0, 0.1) is 0 Å². The summed E-state index contributed by atoms with van der Waals surface area (Å²) < 4.78 is 8.25. The molecule has 0 spiro atoms. The first-order valence-corrected chi connectivity index (χ1v) is 5.84. The molecule has 4 heteroatoms. The van der Waals surface area contributed by atoms with E-state index in [4.69, 9.17) is 9.73 Å². The van der Waals surface area contributed by atoms with E-state index in [0.29, 0.717) is 0 Å². The minimum absolute atomic E-state index is 0.389. The Kier molecular flexibility index (Phi) is 7.18. The van der Waals surface area contributed by atoms with Gasteiger partial charge in [-0.3, -0.25) is 0 Å². The summed E-state index contributed by atoms with van der Waals surface area (Å²) in [5.41, 5.74) is 0. The fourth-order valence-electron chi connectivity index (χ4n) is 0. The quantitative estimate of drug-likeness (QED) is 0.341. The van der Waals surface area contributed by atoms with Crippen molar-refractivity contribution in [2.75, 3.05) is 26.7 Å².